The molecule has 1 saturated heterocycles. The molecule has 0 spiro atoms. The van der Waals surface area contributed by atoms with Gasteiger partial charge in [-0.2, -0.15) is 0 Å². The van der Waals surface area contributed by atoms with E-state index in [2.05, 4.69) is 10.2 Å². The van der Waals surface area contributed by atoms with Gasteiger partial charge in [-0.15, -0.1) is 0 Å². The Bertz CT molecular complexity index is 1080. The highest BCUT2D eigenvalue weighted by Crippen LogP contribution is 2.29. The Morgan fingerprint density at radius 3 is 2.47 bits per heavy atom. The largest absolute Gasteiger partial charge is 0.508 e. The van der Waals surface area contributed by atoms with Crippen molar-refractivity contribution in [3.63, 3.8) is 0 Å². The number of phenols is 1. The molecule has 0 unspecified atom stereocenters. The number of hydrogen-bond donors (Lipinski definition) is 2. The van der Waals surface area contributed by atoms with E-state index in [1.165, 1.54) is 19.3 Å². The SMILES string of the molecule is O=C(Nc1ccc(OCCN2CCCCC2)c(Cl)c1)c1cccc(-c2cccc(O)c2)c1. The Morgan fingerprint density at radius 2 is 1.72 bits per heavy atom. The molecule has 0 aromatic heterocycles. The molecule has 1 aliphatic heterocycles. The standard InChI is InChI=1S/C26H27ClN2O3/c27-24-18-22(10-11-25(24)32-15-14-29-12-2-1-3-13-29)28-26(31)21-8-4-6-19(16-21)20-7-5-9-23(30)17-20/h4-11,16-18,30H,1-3,12-15H2,(H,28,31). The summed E-state index contributed by atoms with van der Waals surface area (Å²) in [5.74, 6) is 0.569. The number of ether oxygens (including phenoxy) is 1. The predicted molar refractivity (Wildman–Crippen MR) is 129 cm³/mol. The number of nitrogens with one attached hydrogen (secondary N) is 1. The van der Waals surface area contributed by atoms with Gasteiger partial charge in [-0.1, -0.05) is 42.3 Å². The zero-order valence-electron chi connectivity index (χ0n) is 17.9. The Hall–Kier alpha value is -3.02. The second-order valence-electron chi connectivity index (χ2n) is 7.98. The number of carbonyl (C=O) groups excluding carboxylic acids is 1. The van der Waals surface area contributed by atoms with E-state index >= 15 is 0 Å². The number of amides is 1. The van der Waals surface area contributed by atoms with E-state index in [0.29, 0.717) is 28.6 Å². The summed E-state index contributed by atoms with van der Waals surface area (Å²) in [5, 5.41) is 13.1. The average Bonchev–Trinajstić information content (AvgIpc) is 2.81. The quantitative estimate of drug-likeness (QED) is 0.475. The minimum atomic E-state index is -0.234. The van der Waals surface area contributed by atoms with Crippen LogP contribution >= 0.6 is 11.6 Å². The van der Waals surface area contributed by atoms with E-state index in [-0.39, 0.29) is 11.7 Å². The summed E-state index contributed by atoms with van der Waals surface area (Å²) in [6.45, 7) is 3.75. The van der Waals surface area contributed by atoms with Crippen LogP contribution in [-0.2, 0) is 0 Å². The van der Waals surface area contributed by atoms with E-state index < -0.39 is 0 Å². The fraction of sp³-hybridized carbons (Fsp3) is 0.269. The summed E-state index contributed by atoms with van der Waals surface area (Å²) < 4.78 is 5.85. The number of likely N-dealkylation sites (tertiary alicyclic amines) is 1. The molecule has 1 aliphatic rings. The van der Waals surface area contributed by atoms with Crippen molar-refractivity contribution in [3.8, 4) is 22.6 Å². The maximum Gasteiger partial charge on any atom is 0.255 e. The first kappa shape index (κ1) is 22.2. The summed E-state index contributed by atoms with van der Waals surface area (Å²) in [7, 11) is 0. The third kappa shape index (κ3) is 5.81. The molecular weight excluding hydrogens is 424 g/mol. The van der Waals surface area contributed by atoms with Crippen molar-refractivity contribution >= 4 is 23.2 Å². The molecule has 1 fully saturated rings. The number of hydrogen-bond acceptors (Lipinski definition) is 4. The predicted octanol–water partition coefficient (Wildman–Crippen LogP) is 5.83. The van der Waals surface area contributed by atoms with Gasteiger partial charge in [0.2, 0.25) is 0 Å². The number of nitrogens with zero attached hydrogens (tertiary/aromatic N) is 1. The van der Waals surface area contributed by atoms with Gasteiger partial charge in [-0.05, 0) is 79.5 Å². The smallest absolute Gasteiger partial charge is 0.255 e. The van der Waals surface area contributed by atoms with Crippen LogP contribution in [0, 0.1) is 0 Å². The monoisotopic (exact) mass is 450 g/mol. The minimum absolute atomic E-state index is 0.185. The molecule has 1 heterocycles. The fourth-order valence-electron chi connectivity index (χ4n) is 3.89. The van der Waals surface area contributed by atoms with Crippen molar-refractivity contribution in [2.24, 2.45) is 0 Å². The first-order valence-electron chi connectivity index (χ1n) is 10.9. The molecule has 2 N–H and O–H groups in total. The molecule has 0 atom stereocenters. The number of piperidine rings is 1. The molecule has 0 aliphatic carbocycles. The van der Waals surface area contributed by atoms with Gasteiger partial charge >= 0.3 is 0 Å². The lowest BCUT2D eigenvalue weighted by Gasteiger charge is -2.26. The number of benzene rings is 3. The first-order chi connectivity index (χ1) is 15.6. The summed E-state index contributed by atoms with van der Waals surface area (Å²) in [5.41, 5.74) is 2.81. The fourth-order valence-corrected chi connectivity index (χ4v) is 4.13. The van der Waals surface area contributed by atoms with E-state index in [0.717, 1.165) is 30.8 Å². The average molecular weight is 451 g/mol. The van der Waals surface area contributed by atoms with Crippen molar-refractivity contribution in [3.05, 3.63) is 77.3 Å². The van der Waals surface area contributed by atoms with Gasteiger partial charge in [0.15, 0.2) is 0 Å². The van der Waals surface area contributed by atoms with Crippen molar-refractivity contribution in [2.45, 2.75) is 19.3 Å². The second kappa shape index (κ2) is 10.5. The van der Waals surface area contributed by atoms with Gasteiger partial charge < -0.3 is 15.2 Å². The lowest BCUT2D eigenvalue weighted by molar-refractivity contribution is 0.102. The van der Waals surface area contributed by atoms with Crippen LogP contribution in [0.4, 0.5) is 5.69 Å². The zero-order chi connectivity index (χ0) is 22.3. The lowest BCUT2D eigenvalue weighted by Crippen LogP contribution is -2.33. The molecule has 4 rings (SSSR count). The number of rotatable bonds is 7. The van der Waals surface area contributed by atoms with Crippen molar-refractivity contribution in [1.82, 2.24) is 4.90 Å². The van der Waals surface area contributed by atoms with Gasteiger partial charge in [0, 0.05) is 17.8 Å². The molecule has 3 aromatic carbocycles. The van der Waals surface area contributed by atoms with Crippen LogP contribution in [0.2, 0.25) is 5.02 Å². The van der Waals surface area contributed by atoms with Crippen LogP contribution in [0.1, 0.15) is 29.6 Å². The van der Waals surface area contributed by atoms with Crippen molar-refractivity contribution < 1.29 is 14.6 Å². The molecule has 32 heavy (non-hydrogen) atoms. The Labute approximate surface area is 193 Å². The minimum Gasteiger partial charge on any atom is -0.508 e. The molecule has 5 nitrogen and oxygen atoms in total. The number of phenolic OH excluding ortho intramolecular Hbond substituents is 1. The highest BCUT2D eigenvalue weighted by atomic mass is 35.5. The maximum absolute atomic E-state index is 12.8. The molecule has 1 amide bonds. The molecule has 0 radical (unpaired) electrons. The van der Waals surface area contributed by atoms with E-state index in [1.54, 1.807) is 48.5 Å². The third-order valence-corrected chi connectivity index (χ3v) is 5.90. The van der Waals surface area contributed by atoms with Crippen LogP contribution in [0.25, 0.3) is 11.1 Å². The van der Waals surface area contributed by atoms with Gasteiger partial charge in [0.1, 0.15) is 18.1 Å². The normalized spacial score (nSPS) is 14.2. The van der Waals surface area contributed by atoms with Crippen molar-refractivity contribution in [1.29, 1.82) is 0 Å². The van der Waals surface area contributed by atoms with Crippen LogP contribution in [0.3, 0.4) is 0 Å². The second-order valence-corrected chi connectivity index (χ2v) is 8.39. The molecular formula is C26H27ClN2O3. The summed E-state index contributed by atoms with van der Waals surface area (Å²) in [4.78, 5) is 15.2. The van der Waals surface area contributed by atoms with Crippen LogP contribution in [0.5, 0.6) is 11.5 Å². The highest BCUT2D eigenvalue weighted by Gasteiger charge is 2.12. The van der Waals surface area contributed by atoms with E-state index in [4.69, 9.17) is 16.3 Å². The summed E-state index contributed by atoms with van der Waals surface area (Å²) in [6.07, 6.45) is 3.83. The number of anilines is 1. The van der Waals surface area contributed by atoms with Gasteiger partial charge in [-0.25, -0.2) is 0 Å². The summed E-state index contributed by atoms with van der Waals surface area (Å²) >= 11 is 6.39. The topological polar surface area (TPSA) is 61.8 Å². The maximum atomic E-state index is 12.8. The molecule has 0 bridgehead atoms. The third-order valence-electron chi connectivity index (χ3n) is 5.61. The Kier molecular flexibility index (Phi) is 7.30. The van der Waals surface area contributed by atoms with Gasteiger partial charge in [0.05, 0.1) is 5.02 Å². The van der Waals surface area contributed by atoms with Crippen LogP contribution < -0.4 is 10.1 Å². The Morgan fingerprint density at radius 1 is 0.969 bits per heavy atom. The molecule has 0 saturated carbocycles. The van der Waals surface area contributed by atoms with E-state index in [9.17, 15) is 9.90 Å². The molecule has 6 heteroatoms. The van der Waals surface area contributed by atoms with E-state index in [1.807, 2.05) is 18.2 Å². The molecule has 3 aromatic rings. The lowest BCUT2D eigenvalue weighted by atomic mass is 10.0. The van der Waals surface area contributed by atoms with Crippen LogP contribution in [0.15, 0.2) is 66.7 Å². The highest BCUT2D eigenvalue weighted by molar-refractivity contribution is 6.32. The van der Waals surface area contributed by atoms with Gasteiger partial charge in [0.25, 0.3) is 5.91 Å². The van der Waals surface area contributed by atoms with Crippen LogP contribution in [-0.4, -0.2) is 42.2 Å². The van der Waals surface area contributed by atoms with Crippen molar-refractivity contribution in [2.75, 3.05) is 31.6 Å². The number of halogens is 1. The number of carbonyl (C=O) groups is 1. The molecule has 166 valence electrons. The first-order valence-corrected chi connectivity index (χ1v) is 11.3. The zero-order valence-corrected chi connectivity index (χ0v) is 18.6. The number of aromatic hydroxyl groups is 1. The summed E-state index contributed by atoms with van der Waals surface area (Å²) in [6, 6.07) is 19.5. The van der Waals surface area contributed by atoms with Gasteiger partial charge in [-0.3, -0.25) is 9.69 Å². The Balaban J connectivity index is 1.37.